The van der Waals surface area contributed by atoms with Crippen LogP contribution >= 0.6 is 23.2 Å². The Labute approximate surface area is 154 Å². The van der Waals surface area contributed by atoms with Crippen molar-refractivity contribution in [2.45, 2.75) is 12.5 Å². The van der Waals surface area contributed by atoms with Crippen LogP contribution in [0.15, 0.2) is 42.5 Å². The largest absolute Gasteiger partial charge is 0.480 e. The number of aldehydes is 1. The molecule has 130 valence electrons. The lowest BCUT2D eigenvalue weighted by molar-refractivity contribution is -0.141. The van der Waals surface area contributed by atoms with Gasteiger partial charge in [0.1, 0.15) is 12.3 Å². The molecule has 0 heterocycles. The molecule has 0 aromatic heterocycles. The topological polar surface area (TPSA) is 74.7 Å². The minimum atomic E-state index is -1.15. The smallest absolute Gasteiger partial charge is 0.326 e. The molecule has 2 aromatic rings. The minimum Gasteiger partial charge on any atom is -0.480 e. The van der Waals surface area contributed by atoms with Gasteiger partial charge in [-0.1, -0.05) is 53.5 Å². The molecule has 0 unspecified atom stereocenters. The van der Waals surface area contributed by atoms with Gasteiger partial charge in [0.25, 0.3) is 5.91 Å². The molecule has 0 radical (unpaired) electrons. The van der Waals surface area contributed by atoms with E-state index < -0.39 is 17.9 Å². The van der Waals surface area contributed by atoms with Crippen molar-refractivity contribution < 1.29 is 19.5 Å². The molecule has 0 fully saturated rings. The molecular weight excluding hydrogens is 365 g/mol. The van der Waals surface area contributed by atoms with Crippen molar-refractivity contribution in [3.8, 4) is 0 Å². The fraction of sp³-hybridized carbons (Fsp3) is 0.167. The van der Waals surface area contributed by atoms with Crippen LogP contribution in [0.3, 0.4) is 0 Å². The van der Waals surface area contributed by atoms with Crippen molar-refractivity contribution in [3.05, 3.63) is 69.2 Å². The maximum absolute atomic E-state index is 12.7. The predicted molar refractivity (Wildman–Crippen MR) is 95.5 cm³/mol. The minimum absolute atomic E-state index is 0.0656. The highest BCUT2D eigenvalue weighted by Gasteiger charge is 2.29. The van der Waals surface area contributed by atoms with Crippen molar-refractivity contribution in [2.24, 2.45) is 0 Å². The summed E-state index contributed by atoms with van der Waals surface area (Å²) in [5.41, 5.74) is 1.24. The van der Waals surface area contributed by atoms with Crippen LogP contribution in [0, 0.1) is 0 Å². The van der Waals surface area contributed by atoms with E-state index in [1.165, 1.54) is 19.2 Å². The number of halogens is 2. The van der Waals surface area contributed by atoms with Gasteiger partial charge in [0.2, 0.25) is 0 Å². The van der Waals surface area contributed by atoms with E-state index in [1.807, 2.05) is 0 Å². The normalized spacial score (nSPS) is 11.6. The number of benzene rings is 2. The summed E-state index contributed by atoms with van der Waals surface area (Å²) in [5.74, 6) is -1.73. The van der Waals surface area contributed by atoms with Crippen LogP contribution < -0.4 is 0 Å². The van der Waals surface area contributed by atoms with E-state index in [9.17, 15) is 19.5 Å². The highest BCUT2D eigenvalue weighted by Crippen LogP contribution is 2.26. The summed E-state index contributed by atoms with van der Waals surface area (Å²) in [5, 5.41) is 9.84. The Morgan fingerprint density at radius 1 is 1.12 bits per heavy atom. The second-order valence-corrected chi connectivity index (χ2v) is 6.24. The molecule has 0 bridgehead atoms. The number of carboxylic acid groups (broad SMARTS) is 1. The second-order valence-electron chi connectivity index (χ2n) is 5.43. The molecule has 0 spiro atoms. The summed E-state index contributed by atoms with van der Waals surface area (Å²) in [4.78, 5) is 36.1. The highest BCUT2D eigenvalue weighted by atomic mass is 35.5. The molecular formula is C18H15Cl2NO4. The number of rotatable bonds is 6. The first-order chi connectivity index (χ1) is 11.8. The van der Waals surface area contributed by atoms with E-state index in [4.69, 9.17) is 23.2 Å². The average molecular weight is 380 g/mol. The maximum Gasteiger partial charge on any atom is 0.326 e. The third-order valence-electron chi connectivity index (χ3n) is 3.79. The molecule has 0 saturated heterocycles. The number of amides is 1. The Balaban J connectivity index is 2.28. The highest BCUT2D eigenvalue weighted by molar-refractivity contribution is 6.39. The summed E-state index contributed by atoms with van der Waals surface area (Å²) in [6, 6.07) is 10.0. The molecule has 1 N–H and O–H groups in total. The first-order valence-corrected chi connectivity index (χ1v) is 8.09. The van der Waals surface area contributed by atoms with E-state index in [1.54, 1.807) is 30.3 Å². The monoisotopic (exact) mass is 379 g/mol. The van der Waals surface area contributed by atoms with Gasteiger partial charge in [0, 0.05) is 19.0 Å². The molecule has 25 heavy (non-hydrogen) atoms. The standard InChI is InChI=1S/C18H15Cl2NO4/c1-21(17(23)16-13(19)3-2-4-14(16)20)15(18(24)25)9-11-5-7-12(10-22)8-6-11/h2-8,10,15H,9H2,1H3,(H,24,25)/t15-/m0/s1. The number of hydrogen-bond acceptors (Lipinski definition) is 3. The second kappa shape index (κ2) is 8.14. The number of nitrogens with zero attached hydrogens (tertiary/aromatic N) is 1. The number of hydrogen-bond donors (Lipinski definition) is 1. The van der Waals surface area contributed by atoms with E-state index in [0.29, 0.717) is 17.4 Å². The fourth-order valence-corrected chi connectivity index (χ4v) is 2.92. The lowest BCUT2D eigenvalue weighted by Gasteiger charge is -2.25. The SMILES string of the molecule is CN(C(=O)c1c(Cl)cccc1Cl)[C@@H](Cc1ccc(C=O)cc1)C(=O)O. The van der Waals surface area contributed by atoms with Gasteiger partial charge >= 0.3 is 5.97 Å². The first kappa shape index (κ1) is 19.0. The predicted octanol–water partition coefficient (Wildman–Crippen LogP) is 3.57. The molecule has 1 atom stereocenters. The average Bonchev–Trinajstić information content (AvgIpc) is 2.59. The van der Waals surface area contributed by atoms with Gasteiger partial charge < -0.3 is 10.0 Å². The molecule has 7 heteroatoms. The van der Waals surface area contributed by atoms with Crippen LogP contribution in [0.5, 0.6) is 0 Å². The molecule has 0 aliphatic carbocycles. The third-order valence-corrected chi connectivity index (χ3v) is 4.42. The number of carbonyl (C=O) groups excluding carboxylic acids is 2. The maximum atomic E-state index is 12.7. The van der Waals surface area contributed by atoms with Gasteiger partial charge in [-0.2, -0.15) is 0 Å². The quantitative estimate of drug-likeness (QED) is 0.778. The van der Waals surface area contributed by atoms with E-state index in [-0.39, 0.29) is 22.0 Å². The first-order valence-electron chi connectivity index (χ1n) is 7.33. The van der Waals surface area contributed by atoms with E-state index in [0.717, 1.165) is 4.90 Å². The third kappa shape index (κ3) is 4.38. The van der Waals surface area contributed by atoms with E-state index >= 15 is 0 Å². The van der Waals surface area contributed by atoms with Crippen LogP contribution in [0.25, 0.3) is 0 Å². The van der Waals surface area contributed by atoms with Gasteiger partial charge in [-0.25, -0.2) is 4.79 Å². The Morgan fingerprint density at radius 3 is 2.16 bits per heavy atom. The number of likely N-dealkylation sites (N-methyl/N-ethyl adjacent to an activating group) is 1. The summed E-state index contributed by atoms with van der Waals surface area (Å²) in [6.07, 6.45) is 0.784. The zero-order chi connectivity index (χ0) is 18.6. The number of carboxylic acids is 1. The van der Waals surface area contributed by atoms with Crippen molar-refractivity contribution in [2.75, 3.05) is 7.05 Å². The van der Waals surface area contributed by atoms with Gasteiger partial charge in [0.05, 0.1) is 15.6 Å². The van der Waals surface area contributed by atoms with Crippen molar-refractivity contribution >= 4 is 41.4 Å². The van der Waals surface area contributed by atoms with E-state index in [2.05, 4.69) is 0 Å². The molecule has 0 aliphatic rings. The Hall–Kier alpha value is -2.37. The van der Waals surface area contributed by atoms with Crippen LogP contribution in [-0.2, 0) is 11.2 Å². The van der Waals surface area contributed by atoms with Gasteiger partial charge in [-0.3, -0.25) is 9.59 Å². The summed E-state index contributed by atoms with van der Waals surface area (Å²) in [7, 11) is 1.39. The Bertz CT molecular complexity index is 785. The molecule has 2 aromatic carbocycles. The van der Waals surface area contributed by atoms with Gasteiger partial charge in [0.15, 0.2) is 0 Å². The molecule has 0 saturated carbocycles. The zero-order valence-electron chi connectivity index (χ0n) is 13.3. The van der Waals surface area contributed by atoms with Crippen LogP contribution in [0.2, 0.25) is 10.0 Å². The van der Waals surface area contributed by atoms with Crippen molar-refractivity contribution in [1.82, 2.24) is 4.90 Å². The molecule has 1 amide bonds. The molecule has 2 rings (SSSR count). The summed E-state index contributed by atoms with van der Waals surface area (Å²) < 4.78 is 0. The summed E-state index contributed by atoms with van der Waals surface area (Å²) >= 11 is 12.1. The fourth-order valence-electron chi connectivity index (χ4n) is 2.37. The van der Waals surface area contributed by atoms with Gasteiger partial charge in [-0.15, -0.1) is 0 Å². The summed E-state index contributed by atoms with van der Waals surface area (Å²) in [6.45, 7) is 0. The Kier molecular flexibility index (Phi) is 6.17. The van der Waals surface area contributed by atoms with Crippen LogP contribution in [0.4, 0.5) is 0 Å². The molecule has 5 nitrogen and oxygen atoms in total. The number of aliphatic carboxylic acids is 1. The Morgan fingerprint density at radius 2 is 1.68 bits per heavy atom. The van der Waals surface area contributed by atoms with Crippen molar-refractivity contribution in [1.29, 1.82) is 0 Å². The number of carbonyl (C=O) groups is 3. The zero-order valence-corrected chi connectivity index (χ0v) is 14.8. The lowest BCUT2D eigenvalue weighted by Crippen LogP contribution is -2.44. The van der Waals surface area contributed by atoms with Crippen molar-refractivity contribution in [3.63, 3.8) is 0 Å². The van der Waals surface area contributed by atoms with Crippen LogP contribution in [-0.4, -0.2) is 41.3 Å². The molecule has 0 aliphatic heterocycles. The van der Waals surface area contributed by atoms with Crippen LogP contribution in [0.1, 0.15) is 26.3 Å². The lowest BCUT2D eigenvalue weighted by atomic mass is 10.0. The van der Waals surface area contributed by atoms with Gasteiger partial charge in [-0.05, 0) is 17.7 Å².